The molecule has 1 N–H and O–H groups in total. The highest BCUT2D eigenvalue weighted by atomic mass is 19.1. The van der Waals surface area contributed by atoms with Crippen molar-refractivity contribution < 1.29 is 4.39 Å². The van der Waals surface area contributed by atoms with Gasteiger partial charge < -0.3 is 5.32 Å². The highest BCUT2D eigenvalue weighted by Gasteiger charge is 2.26. The molecule has 0 saturated carbocycles. The van der Waals surface area contributed by atoms with E-state index in [1.165, 1.54) is 28.8 Å². The first-order valence-electron chi connectivity index (χ1n) is 10.7. The molecule has 0 amide bonds. The maximum absolute atomic E-state index is 13.3. The standard InChI is InChI=1S/C26H30FN3/c1-17(2)21-7-5-20(6-8-21)16-28-24-12-9-22(15-24)26-18(3)29-30(19(26)4)25-13-10-23(27)11-14-25/h5-14,17,22,24,28H,15-16H2,1-4H3. The van der Waals surface area contributed by atoms with E-state index in [9.17, 15) is 4.39 Å². The zero-order chi connectivity index (χ0) is 21.3. The number of aryl methyl sites for hydroxylation is 1. The van der Waals surface area contributed by atoms with Crippen molar-refractivity contribution in [2.24, 2.45) is 0 Å². The molecule has 4 rings (SSSR count). The number of allylic oxidation sites excluding steroid dienone is 1. The molecule has 1 aromatic heterocycles. The van der Waals surface area contributed by atoms with Crippen LogP contribution in [0.2, 0.25) is 0 Å². The van der Waals surface area contributed by atoms with Crippen molar-refractivity contribution in [2.45, 2.75) is 58.5 Å². The number of halogens is 1. The first-order chi connectivity index (χ1) is 14.4. The molecule has 30 heavy (non-hydrogen) atoms. The van der Waals surface area contributed by atoms with E-state index in [2.05, 4.69) is 69.4 Å². The van der Waals surface area contributed by atoms with Crippen LogP contribution in [0.1, 0.15) is 60.2 Å². The van der Waals surface area contributed by atoms with Gasteiger partial charge in [0.1, 0.15) is 5.82 Å². The highest BCUT2D eigenvalue weighted by Crippen LogP contribution is 2.34. The molecule has 156 valence electrons. The molecular weight excluding hydrogens is 373 g/mol. The van der Waals surface area contributed by atoms with Crippen molar-refractivity contribution >= 4 is 0 Å². The predicted octanol–water partition coefficient (Wildman–Crippen LogP) is 5.95. The van der Waals surface area contributed by atoms with Crippen molar-refractivity contribution in [3.8, 4) is 5.69 Å². The summed E-state index contributed by atoms with van der Waals surface area (Å²) in [5, 5.41) is 8.41. The Labute approximate surface area is 178 Å². The molecule has 2 atom stereocenters. The van der Waals surface area contributed by atoms with Gasteiger partial charge in [0.05, 0.1) is 11.4 Å². The van der Waals surface area contributed by atoms with Gasteiger partial charge in [0.15, 0.2) is 0 Å². The number of benzene rings is 2. The second-order valence-corrected chi connectivity index (χ2v) is 8.58. The Hall–Kier alpha value is -2.72. The average molecular weight is 404 g/mol. The molecule has 3 aromatic rings. The van der Waals surface area contributed by atoms with Crippen molar-refractivity contribution in [3.63, 3.8) is 0 Å². The van der Waals surface area contributed by atoms with Crippen LogP contribution in [0.15, 0.2) is 60.7 Å². The molecule has 1 aliphatic carbocycles. The summed E-state index contributed by atoms with van der Waals surface area (Å²) in [6.45, 7) is 9.47. The third-order valence-corrected chi connectivity index (χ3v) is 6.09. The summed E-state index contributed by atoms with van der Waals surface area (Å²) in [5.74, 6) is 0.680. The number of nitrogens with zero attached hydrogens (tertiary/aromatic N) is 2. The minimum absolute atomic E-state index is 0.230. The quantitative estimate of drug-likeness (QED) is 0.515. The van der Waals surface area contributed by atoms with E-state index in [1.54, 1.807) is 12.1 Å². The molecule has 4 heteroatoms. The van der Waals surface area contributed by atoms with E-state index < -0.39 is 0 Å². The number of rotatable bonds is 6. The maximum Gasteiger partial charge on any atom is 0.123 e. The summed E-state index contributed by atoms with van der Waals surface area (Å²) < 4.78 is 15.2. The summed E-state index contributed by atoms with van der Waals surface area (Å²) in [6, 6.07) is 15.8. The van der Waals surface area contributed by atoms with Crippen LogP contribution in [0, 0.1) is 19.7 Å². The van der Waals surface area contributed by atoms with Gasteiger partial charge in [-0.2, -0.15) is 5.10 Å². The van der Waals surface area contributed by atoms with Crippen LogP contribution in [-0.2, 0) is 6.54 Å². The summed E-state index contributed by atoms with van der Waals surface area (Å²) >= 11 is 0. The minimum Gasteiger partial charge on any atom is -0.306 e. The Morgan fingerprint density at radius 1 is 1.03 bits per heavy atom. The Bertz CT molecular complexity index is 1030. The fourth-order valence-corrected chi connectivity index (χ4v) is 4.36. The van der Waals surface area contributed by atoms with Crippen LogP contribution in [0.25, 0.3) is 5.69 Å². The van der Waals surface area contributed by atoms with Crippen molar-refractivity contribution in [1.82, 2.24) is 15.1 Å². The monoisotopic (exact) mass is 403 g/mol. The van der Waals surface area contributed by atoms with E-state index in [1.807, 2.05) is 4.68 Å². The molecule has 2 aromatic carbocycles. The predicted molar refractivity (Wildman–Crippen MR) is 121 cm³/mol. The van der Waals surface area contributed by atoms with Gasteiger partial charge in [-0.3, -0.25) is 0 Å². The van der Waals surface area contributed by atoms with Gasteiger partial charge in [0.25, 0.3) is 0 Å². The van der Waals surface area contributed by atoms with Gasteiger partial charge in [-0.1, -0.05) is 50.3 Å². The van der Waals surface area contributed by atoms with Crippen LogP contribution in [0.4, 0.5) is 4.39 Å². The van der Waals surface area contributed by atoms with E-state index in [0.29, 0.717) is 17.9 Å². The average Bonchev–Trinajstić information content (AvgIpc) is 3.31. The lowest BCUT2D eigenvalue weighted by Crippen LogP contribution is -2.25. The lowest BCUT2D eigenvalue weighted by molar-refractivity contribution is 0.559. The molecule has 0 spiro atoms. The zero-order valence-electron chi connectivity index (χ0n) is 18.2. The lowest BCUT2D eigenvalue weighted by Gasteiger charge is -2.15. The van der Waals surface area contributed by atoms with Crippen LogP contribution in [0.3, 0.4) is 0 Å². The lowest BCUT2D eigenvalue weighted by atomic mass is 9.95. The molecule has 0 aliphatic heterocycles. The molecule has 3 nitrogen and oxygen atoms in total. The van der Waals surface area contributed by atoms with Crippen LogP contribution < -0.4 is 5.32 Å². The number of aromatic nitrogens is 2. The van der Waals surface area contributed by atoms with E-state index >= 15 is 0 Å². The Morgan fingerprint density at radius 3 is 2.40 bits per heavy atom. The Kier molecular flexibility index (Phi) is 5.87. The molecule has 0 saturated heterocycles. The zero-order valence-corrected chi connectivity index (χ0v) is 18.2. The summed E-state index contributed by atoms with van der Waals surface area (Å²) in [5.41, 5.74) is 7.03. The number of hydrogen-bond acceptors (Lipinski definition) is 2. The van der Waals surface area contributed by atoms with Gasteiger partial charge in [0.2, 0.25) is 0 Å². The van der Waals surface area contributed by atoms with Crippen LogP contribution in [0.5, 0.6) is 0 Å². The molecule has 0 fully saturated rings. The normalized spacial score (nSPS) is 18.5. The van der Waals surface area contributed by atoms with Gasteiger partial charge in [-0.25, -0.2) is 9.07 Å². The Balaban J connectivity index is 1.42. The largest absolute Gasteiger partial charge is 0.306 e. The smallest absolute Gasteiger partial charge is 0.123 e. The van der Waals surface area contributed by atoms with E-state index in [0.717, 1.165) is 30.0 Å². The van der Waals surface area contributed by atoms with Gasteiger partial charge in [-0.05, 0) is 61.6 Å². The number of hydrogen-bond donors (Lipinski definition) is 1. The third kappa shape index (κ3) is 4.24. The third-order valence-electron chi connectivity index (χ3n) is 6.09. The molecule has 1 aliphatic rings. The van der Waals surface area contributed by atoms with Crippen molar-refractivity contribution in [2.75, 3.05) is 0 Å². The topological polar surface area (TPSA) is 29.9 Å². The van der Waals surface area contributed by atoms with Gasteiger partial charge in [-0.15, -0.1) is 0 Å². The van der Waals surface area contributed by atoms with E-state index in [-0.39, 0.29) is 5.82 Å². The van der Waals surface area contributed by atoms with Crippen LogP contribution in [-0.4, -0.2) is 15.8 Å². The summed E-state index contributed by atoms with van der Waals surface area (Å²) in [7, 11) is 0. The SMILES string of the molecule is Cc1nn(-c2ccc(F)cc2)c(C)c1C1C=CC(NCc2ccc(C(C)C)cc2)C1. The number of nitrogens with one attached hydrogen (secondary N) is 1. The first kappa shape index (κ1) is 20.5. The first-order valence-corrected chi connectivity index (χ1v) is 10.7. The van der Waals surface area contributed by atoms with Gasteiger partial charge in [0, 0.05) is 29.8 Å². The van der Waals surface area contributed by atoms with Gasteiger partial charge >= 0.3 is 0 Å². The Morgan fingerprint density at radius 2 is 1.73 bits per heavy atom. The van der Waals surface area contributed by atoms with E-state index in [4.69, 9.17) is 5.10 Å². The fraction of sp³-hybridized carbons (Fsp3) is 0.346. The van der Waals surface area contributed by atoms with Crippen molar-refractivity contribution in [1.29, 1.82) is 0 Å². The molecular formula is C26H30FN3. The summed E-state index contributed by atoms with van der Waals surface area (Å²) in [6.07, 6.45) is 5.60. The van der Waals surface area contributed by atoms with Crippen molar-refractivity contribution in [3.05, 3.63) is 94.6 Å². The maximum atomic E-state index is 13.3. The molecule has 0 radical (unpaired) electrons. The summed E-state index contributed by atoms with van der Waals surface area (Å²) in [4.78, 5) is 0. The second kappa shape index (κ2) is 8.57. The molecule has 2 unspecified atom stereocenters. The second-order valence-electron chi connectivity index (χ2n) is 8.58. The molecule has 0 bridgehead atoms. The highest BCUT2D eigenvalue weighted by molar-refractivity contribution is 5.41. The minimum atomic E-state index is -0.230. The fourth-order valence-electron chi connectivity index (χ4n) is 4.36. The molecule has 1 heterocycles. The van der Waals surface area contributed by atoms with Crippen LogP contribution >= 0.6 is 0 Å².